The summed E-state index contributed by atoms with van der Waals surface area (Å²) in [7, 11) is 0. The van der Waals surface area contributed by atoms with Gasteiger partial charge in [0.1, 0.15) is 0 Å². The smallest absolute Gasteiger partial charge is 0.411 e. The fraction of sp³-hybridized carbons (Fsp3) is 0.133. The quantitative estimate of drug-likeness (QED) is 0.861. The summed E-state index contributed by atoms with van der Waals surface area (Å²) in [6, 6.07) is 14.8. The van der Waals surface area contributed by atoms with Gasteiger partial charge in [-0.05, 0) is 37.3 Å². The summed E-state index contributed by atoms with van der Waals surface area (Å²) in [5.41, 5.74) is 2.22. The van der Waals surface area contributed by atoms with Crippen molar-refractivity contribution in [1.82, 2.24) is 0 Å². The van der Waals surface area contributed by atoms with Crippen LogP contribution in [0.4, 0.5) is 21.9 Å². The number of rotatable bonds is 4. The first-order chi connectivity index (χ1) is 9.69. The molecule has 104 valence electrons. The third kappa shape index (κ3) is 3.90. The van der Waals surface area contributed by atoms with E-state index in [9.17, 15) is 4.79 Å². The predicted molar refractivity (Wildman–Crippen MR) is 81.8 cm³/mol. The molecule has 2 aromatic rings. The topological polar surface area (TPSA) is 50.4 Å². The molecule has 0 spiro atoms. The molecule has 20 heavy (non-hydrogen) atoms. The van der Waals surface area contributed by atoms with Gasteiger partial charge in [0, 0.05) is 10.7 Å². The normalized spacial score (nSPS) is 9.90. The molecule has 0 aliphatic rings. The van der Waals surface area contributed by atoms with Crippen LogP contribution in [0.1, 0.15) is 6.92 Å². The summed E-state index contributed by atoms with van der Waals surface area (Å²) in [6.45, 7) is 2.07. The maximum atomic E-state index is 11.5. The van der Waals surface area contributed by atoms with Crippen molar-refractivity contribution in [1.29, 1.82) is 0 Å². The SMILES string of the molecule is CCOC(=O)Nc1ccc(Cl)cc1Nc1ccccc1. The van der Waals surface area contributed by atoms with Gasteiger partial charge in [-0.1, -0.05) is 29.8 Å². The Morgan fingerprint density at radius 3 is 2.60 bits per heavy atom. The second kappa shape index (κ2) is 6.82. The standard InChI is InChI=1S/C15H15ClN2O2/c1-2-20-15(19)18-13-9-8-11(16)10-14(13)17-12-6-4-3-5-7-12/h3-10,17H,2H2,1H3,(H,18,19). The molecule has 0 fully saturated rings. The van der Waals surface area contributed by atoms with Crippen molar-refractivity contribution < 1.29 is 9.53 Å². The largest absolute Gasteiger partial charge is 0.450 e. The molecule has 4 nitrogen and oxygen atoms in total. The van der Waals surface area contributed by atoms with E-state index >= 15 is 0 Å². The van der Waals surface area contributed by atoms with Crippen LogP contribution < -0.4 is 10.6 Å². The maximum absolute atomic E-state index is 11.5. The number of anilines is 3. The molecule has 0 radical (unpaired) electrons. The summed E-state index contributed by atoms with van der Waals surface area (Å²) in [4.78, 5) is 11.5. The van der Waals surface area contributed by atoms with E-state index in [2.05, 4.69) is 10.6 Å². The molecule has 0 saturated carbocycles. The first-order valence-corrected chi connectivity index (χ1v) is 6.62. The van der Waals surface area contributed by atoms with E-state index in [1.165, 1.54) is 0 Å². The minimum absolute atomic E-state index is 0.320. The number of halogens is 1. The van der Waals surface area contributed by atoms with Crippen molar-refractivity contribution in [2.45, 2.75) is 6.92 Å². The van der Waals surface area contributed by atoms with Crippen LogP contribution in [0.3, 0.4) is 0 Å². The van der Waals surface area contributed by atoms with Crippen molar-refractivity contribution in [2.24, 2.45) is 0 Å². The van der Waals surface area contributed by atoms with Crippen LogP contribution in [0.2, 0.25) is 5.02 Å². The van der Waals surface area contributed by atoms with E-state index in [1.54, 1.807) is 25.1 Å². The fourth-order valence-electron chi connectivity index (χ4n) is 1.68. The Bertz CT molecular complexity index is 588. The number of amides is 1. The van der Waals surface area contributed by atoms with Crippen LogP contribution in [-0.2, 0) is 4.74 Å². The molecular formula is C15H15ClN2O2. The molecule has 2 aromatic carbocycles. The van der Waals surface area contributed by atoms with Gasteiger partial charge in [-0.15, -0.1) is 0 Å². The van der Waals surface area contributed by atoms with Crippen molar-refractivity contribution >= 4 is 34.8 Å². The lowest BCUT2D eigenvalue weighted by Crippen LogP contribution is -2.14. The Balaban J connectivity index is 2.22. The van der Waals surface area contributed by atoms with E-state index in [-0.39, 0.29) is 0 Å². The molecule has 0 heterocycles. The van der Waals surface area contributed by atoms with Crippen molar-refractivity contribution in [3.8, 4) is 0 Å². The van der Waals surface area contributed by atoms with E-state index in [4.69, 9.17) is 16.3 Å². The molecular weight excluding hydrogens is 276 g/mol. The number of hydrogen-bond acceptors (Lipinski definition) is 3. The van der Waals surface area contributed by atoms with Gasteiger partial charge in [-0.3, -0.25) is 5.32 Å². The minimum Gasteiger partial charge on any atom is -0.450 e. The zero-order valence-electron chi connectivity index (χ0n) is 11.0. The van der Waals surface area contributed by atoms with Crippen molar-refractivity contribution in [3.05, 3.63) is 53.6 Å². The summed E-state index contributed by atoms with van der Waals surface area (Å²) >= 11 is 6.00. The average molecular weight is 291 g/mol. The first kappa shape index (κ1) is 14.2. The van der Waals surface area contributed by atoms with E-state index < -0.39 is 6.09 Å². The molecule has 0 unspecified atom stereocenters. The molecule has 0 aliphatic heterocycles. The van der Waals surface area contributed by atoms with Crippen LogP contribution in [0.15, 0.2) is 48.5 Å². The molecule has 0 atom stereocenters. The van der Waals surface area contributed by atoms with Gasteiger partial charge in [0.15, 0.2) is 0 Å². The van der Waals surface area contributed by atoms with Crippen molar-refractivity contribution in [3.63, 3.8) is 0 Å². The Morgan fingerprint density at radius 2 is 1.90 bits per heavy atom. The third-order valence-corrected chi connectivity index (χ3v) is 2.78. The Kier molecular flexibility index (Phi) is 4.85. The first-order valence-electron chi connectivity index (χ1n) is 6.24. The molecule has 0 bridgehead atoms. The van der Waals surface area contributed by atoms with E-state index in [1.807, 2.05) is 30.3 Å². The lowest BCUT2D eigenvalue weighted by molar-refractivity contribution is 0.168. The Morgan fingerprint density at radius 1 is 1.15 bits per heavy atom. The average Bonchev–Trinajstić information content (AvgIpc) is 2.43. The van der Waals surface area contributed by atoms with Crippen LogP contribution in [0.5, 0.6) is 0 Å². The Hall–Kier alpha value is -2.20. The molecule has 2 rings (SSSR count). The van der Waals surface area contributed by atoms with E-state index in [0.29, 0.717) is 23.0 Å². The molecule has 5 heteroatoms. The minimum atomic E-state index is -0.495. The highest BCUT2D eigenvalue weighted by Crippen LogP contribution is 2.28. The molecule has 0 aliphatic carbocycles. The number of para-hydroxylation sites is 1. The second-order valence-corrected chi connectivity index (χ2v) is 4.46. The highest BCUT2D eigenvalue weighted by molar-refractivity contribution is 6.31. The van der Waals surface area contributed by atoms with Gasteiger partial charge in [0.25, 0.3) is 0 Å². The van der Waals surface area contributed by atoms with Gasteiger partial charge in [-0.25, -0.2) is 4.79 Å². The number of ether oxygens (including phenoxy) is 1. The number of nitrogens with one attached hydrogen (secondary N) is 2. The monoisotopic (exact) mass is 290 g/mol. The van der Waals surface area contributed by atoms with Crippen LogP contribution in [0.25, 0.3) is 0 Å². The highest BCUT2D eigenvalue weighted by atomic mass is 35.5. The number of benzene rings is 2. The lowest BCUT2D eigenvalue weighted by Gasteiger charge is -2.13. The lowest BCUT2D eigenvalue weighted by atomic mass is 10.2. The predicted octanol–water partition coefficient (Wildman–Crippen LogP) is 4.65. The van der Waals surface area contributed by atoms with Crippen LogP contribution >= 0.6 is 11.6 Å². The van der Waals surface area contributed by atoms with Gasteiger partial charge in [0.05, 0.1) is 18.0 Å². The second-order valence-electron chi connectivity index (χ2n) is 4.03. The third-order valence-electron chi connectivity index (χ3n) is 2.55. The summed E-state index contributed by atoms with van der Waals surface area (Å²) in [5, 5.41) is 6.46. The summed E-state index contributed by atoms with van der Waals surface area (Å²) < 4.78 is 4.87. The van der Waals surface area contributed by atoms with Gasteiger partial charge >= 0.3 is 6.09 Å². The zero-order chi connectivity index (χ0) is 14.4. The van der Waals surface area contributed by atoms with Crippen LogP contribution in [0, 0.1) is 0 Å². The van der Waals surface area contributed by atoms with Gasteiger partial charge in [0.2, 0.25) is 0 Å². The number of hydrogen-bond donors (Lipinski definition) is 2. The van der Waals surface area contributed by atoms with Crippen LogP contribution in [-0.4, -0.2) is 12.7 Å². The summed E-state index contributed by atoms with van der Waals surface area (Å²) in [6.07, 6.45) is -0.495. The number of carbonyl (C=O) groups is 1. The highest BCUT2D eigenvalue weighted by Gasteiger charge is 2.08. The molecule has 2 N–H and O–H groups in total. The zero-order valence-corrected chi connectivity index (χ0v) is 11.8. The van der Waals surface area contributed by atoms with E-state index in [0.717, 1.165) is 5.69 Å². The molecule has 0 saturated heterocycles. The van der Waals surface area contributed by atoms with Gasteiger partial charge in [-0.2, -0.15) is 0 Å². The maximum Gasteiger partial charge on any atom is 0.411 e. The van der Waals surface area contributed by atoms with Gasteiger partial charge < -0.3 is 10.1 Å². The molecule has 1 amide bonds. The Labute approximate surface area is 122 Å². The fourth-order valence-corrected chi connectivity index (χ4v) is 1.86. The summed E-state index contributed by atoms with van der Waals surface area (Å²) in [5.74, 6) is 0. The molecule has 0 aromatic heterocycles. The number of carbonyl (C=O) groups excluding carboxylic acids is 1. The van der Waals surface area contributed by atoms with Crippen molar-refractivity contribution in [2.75, 3.05) is 17.2 Å².